The average molecular weight is 348 g/mol. The van der Waals surface area contributed by atoms with Crippen LogP contribution in [0.15, 0.2) is 29.4 Å². The van der Waals surface area contributed by atoms with E-state index in [2.05, 4.69) is 20.3 Å². The van der Waals surface area contributed by atoms with Crippen LogP contribution in [0.2, 0.25) is 0 Å². The van der Waals surface area contributed by atoms with Gasteiger partial charge in [-0.2, -0.15) is 15.0 Å². The number of carbonyl (C=O) groups excluding carboxylic acids is 1. The third-order valence-electron chi connectivity index (χ3n) is 3.10. The number of ether oxygens (including phenoxy) is 1. The van der Waals surface area contributed by atoms with Crippen LogP contribution < -0.4 is 21.5 Å². The fourth-order valence-corrected chi connectivity index (χ4v) is 2.89. The van der Waals surface area contributed by atoms with Crippen LogP contribution in [0.1, 0.15) is 13.8 Å². The zero-order chi connectivity index (χ0) is 17.7. The van der Waals surface area contributed by atoms with Gasteiger partial charge in [0.15, 0.2) is 5.16 Å². The summed E-state index contributed by atoms with van der Waals surface area (Å²) in [4.78, 5) is 24.3. The Labute approximate surface area is 144 Å². The number of nitrogen functional groups attached to an aromatic ring is 2. The molecule has 0 radical (unpaired) electrons. The van der Waals surface area contributed by atoms with Gasteiger partial charge in [0.2, 0.25) is 17.8 Å². The molecule has 8 nitrogen and oxygen atoms in total. The molecule has 0 aliphatic heterocycles. The largest absolute Gasteiger partial charge is 0.497 e. The maximum absolute atomic E-state index is 12.6. The lowest BCUT2D eigenvalue weighted by Gasteiger charge is -2.19. The van der Waals surface area contributed by atoms with Crippen molar-refractivity contribution in [1.29, 1.82) is 0 Å². The number of amides is 1. The highest BCUT2D eigenvalue weighted by Crippen LogP contribution is 2.27. The Morgan fingerprint density at radius 1 is 1.12 bits per heavy atom. The Hall–Kier alpha value is -2.55. The van der Waals surface area contributed by atoms with Crippen LogP contribution in [0.3, 0.4) is 0 Å². The first-order valence-corrected chi connectivity index (χ1v) is 8.15. The van der Waals surface area contributed by atoms with Crippen molar-refractivity contribution in [3.63, 3.8) is 0 Å². The van der Waals surface area contributed by atoms with Crippen LogP contribution in [0.25, 0.3) is 0 Å². The van der Waals surface area contributed by atoms with Crippen molar-refractivity contribution in [2.75, 3.05) is 23.9 Å². The number of methoxy groups -OCH3 is 1. The Bertz CT molecular complexity index is 687. The van der Waals surface area contributed by atoms with E-state index in [1.165, 1.54) is 11.8 Å². The Morgan fingerprint density at radius 2 is 1.71 bits per heavy atom. The zero-order valence-corrected chi connectivity index (χ0v) is 14.5. The SMILES string of the molecule is COc1ccc(NC(=O)[C@H](Sc2nc(N)nc(N)n2)C(C)C)cc1. The molecule has 2 aromatic rings. The molecule has 0 spiro atoms. The molecule has 1 aromatic carbocycles. The van der Waals surface area contributed by atoms with E-state index in [1.807, 2.05) is 13.8 Å². The molecule has 1 heterocycles. The van der Waals surface area contributed by atoms with Gasteiger partial charge in [-0.05, 0) is 30.2 Å². The van der Waals surface area contributed by atoms with Crippen LogP contribution >= 0.6 is 11.8 Å². The molecule has 0 aliphatic carbocycles. The number of nitrogens with zero attached hydrogens (tertiary/aromatic N) is 3. The Kier molecular flexibility index (Phi) is 5.80. The minimum atomic E-state index is -0.409. The summed E-state index contributed by atoms with van der Waals surface area (Å²) in [6.45, 7) is 3.89. The first kappa shape index (κ1) is 17.8. The summed E-state index contributed by atoms with van der Waals surface area (Å²) in [5.74, 6) is 0.676. The lowest BCUT2D eigenvalue weighted by atomic mass is 10.1. The third kappa shape index (κ3) is 4.72. The van der Waals surface area contributed by atoms with E-state index in [1.54, 1.807) is 31.4 Å². The van der Waals surface area contributed by atoms with Crippen molar-refractivity contribution >= 4 is 35.3 Å². The lowest BCUT2D eigenvalue weighted by molar-refractivity contribution is -0.116. The second-order valence-electron chi connectivity index (χ2n) is 5.33. The van der Waals surface area contributed by atoms with E-state index >= 15 is 0 Å². The van der Waals surface area contributed by atoms with Crippen LogP contribution in [0, 0.1) is 5.92 Å². The van der Waals surface area contributed by atoms with E-state index in [0.717, 1.165) is 5.75 Å². The summed E-state index contributed by atoms with van der Waals surface area (Å²) in [6, 6.07) is 7.11. The molecular weight excluding hydrogens is 328 g/mol. The molecular formula is C15H20N6O2S. The monoisotopic (exact) mass is 348 g/mol. The molecule has 1 amide bonds. The first-order chi connectivity index (χ1) is 11.4. The molecule has 128 valence electrons. The molecule has 0 bridgehead atoms. The summed E-state index contributed by atoms with van der Waals surface area (Å²) < 4.78 is 5.10. The first-order valence-electron chi connectivity index (χ1n) is 7.27. The van der Waals surface area contributed by atoms with E-state index < -0.39 is 5.25 Å². The normalized spacial score (nSPS) is 12.0. The molecule has 0 fully saturated rings. The molecule has 0 saturated heterocycles. The summed E-state index contributed by atoms with van der Waals surface area (Å²) in [5, 5.41) is 2.79. The molecule has 1 atom stereocenters. The highest BCUT2D eigenvalue weighted by molar-refractivity contribution is 8.00. The topological polar surface area (TPSA) is 129 Å². The fourth-order valence-electron chi connectivity index (χ4n) is 1.93. The summed E-state index contributed by atoms with van der Waals surface area (Å²) in [5.41, 5.74) is 11.8. The smallest absolute Gasteiger partial charge is 0.238 e. The Morgan fingerprint density at radius 3 is 2.21 bits per heavy atom. The maximum Gasteiger partial charge on any atom is 0.238 e. The predicted octanol–water partition coefficient (Wildman–Crippen LogP) is 1.80. The number of hydrogen-bond acceptors (Lipinski definition) is 8. The van der Waals surface area contributed by atoms with Crippen LogP contribution in [0.4, 0.5) is 17.6 Å². The fraction of sp³-hybridized carbons (Fsp3) is 0.333. The minimum Gasteiger partial charge on any atom is -0.497 e. The summed E-state index contributed by atoms with van der Waals surface area (Å²) in [6.07, 6.45) is 0. The standard InChI is InChI=1S/C15H20N6O2S/c1-8(2)11(24-15-20-13(16)19-14(17)21-15)12(22)18-9-4-6-10(23-3)7-5-9/h4-8,11H,1-3H3,(H,18,22)(H4,16,17,19,20,21)/t11-/m1/s1. The highest BCUT2D eigenvalue weighted by Gasteiger charge is 2.25. The maximum atomic E-state index is 12.6. The van der Waals surface area contributed by atoms with Gasteiger partial charge in [0.25, 0.3) is 0 Å². The van der Waals surface area contributed by atoms with Crippen LogP contribution in [-0.4, -0.2) is 33.2 Å². The number of benzene rings is 1. The number of anilines is 3. The van der Waals surface area contributed by atoms with Gasteiger partial charge in [-0.1, -0.05) is 25.6 Å². The van der Waals surface area contributed by atoms with Crippen molar-refractivity contribution in [2.24, 2.45) is 5.92 Å². The van der Waals surface area contributed by atoms with Gasteiger partial charge in [-0.3, -0.25) is 4.79 Å². The van der Waals surface area contributed by atoms with Gasteiger partial charge < -0.3 is 21.5 Å². The molecule has 5 N–H and O–H groups in total. The van der Waals surface area contributed by atoms with Crippen molar-refractivity contribution in [2.45, 2.75) is 24.3 Å². The molecule has 0 saturated carbocycles. The van der Waals surface area contributed by atoms with Gasteiger partial charge in [-0.15, -0.1) is 0 Å². The van der Waals surface area contributed by atoms with Gasteiger partial charge in [0.05, 0.1) is 12.4 Å². The molecule has 9 heteroatoms. The highest BCUT2D eigenvalue weighted by atomic mass is 32.2. The predicted molar refractivity (Wildman–Crippen MR) is 94.8 cm³/mol. The lowest BCUT2D eigenvalue weighted by Crippen LogP contribution is -2.30. The number of carbonyl (C=O) groups is 1. The second-order valence-corrected chi connectivity index (χ2v) is 6.44. The van der Waals surface area contributed by atoms with E-state index in [-0.39, 0.29) is 23.7 Å². The molecule has 2 rings (SSSR count). The van der Waals surface area contributed by atoms with E-state index in [0.29, 0.717) is 10.8 Å². The van der Waals surface area contributed by atoms with Crippen LogP contribution in [-0.2, 0) is 4.79 Å². The number of thioether (sulfide) groups is 1. The van der Waals surface area contributed by atoms with Gasteiger partial charge >= 0.3 is 0 Å². The molecule has 1 aromatic heterocycles. The minimum absolute atomic E-state index is 0.0306. The van der Waals surface area contributed by atoms with Crippen molar-refractivity contribution < 1.29 is 9.53 Å². The van der Waals surface area contributed by atoms with Gasteiger partial charge in [-0.25, -0.2) is 0 Å². The third-order valence-corrected chi connectivity index (χ3v) is 4.51. The van der Waals surface area contributed by atoms with Crippen LogP contribution in [0.5, 0.6) is 5.75 Å². The van der Waals surface area contributed by atoms with Crippen molar-refractivity contribution in [1.82, 2.24) is 15.0 Å². The van der Waals surface area contributed by atoms with Gasteiger partial charge in [0.1, 0.15) is 5.75 Å². The molecule has 24 heavy (non-hydrogen) atoms. The van der Waals surface area contributed by atoms with Crippen molar-refractivity contribution in [3.8, 4) is 5.75 Å². The zero-order valence-electron chi connectivity index (χ0n) is 13.7. The number of nitrogens with one attached hydrogen (secondary N) is 1. The number of rotatable bonds is 6. The number of hydrogen-bond donors (Lipinski definition) is 3. The quantitative estimate of drug-likeness (QED) is 0.674. The average Bonchev–Trinajstić information content (AvgIpc) is 2.52. The second kappa shape index (κ2) is 7.82. The van der Waals surface area contributed by atoms with E-state index in [9.17, 15) is 4.79 Å². The summed E-state index contributed by atoms with van der Waals surface area (Å²) in [7, 11) is 1.59. The molecule has 0 aliphatic rings. The van der Waals surface area contributed by atoms with Gasteiger partial charge in [0, 0.05) is 5.69 Å². The Balaban J connectivity index is 2.12. The number of nitrogens with two attached hydrogens (primary N) is 2. The molecule has 0 unspecified atom stereocenters. The number of aromatic nitrogens is 3. The summed E-state index contributed by atoms with van der Waals surface area (Å²) >= 11 is 1.20. The van der Waals surface area contributed by atoms with Crippen molar-refractivity contribution in [3.05, 3.63) is 24.3 Å². The van der Waals surface area contributed by atoms with E-state index in [4.69, 9.17) is 16.2 Å².